The van der Waals surface area contributed by atoms with Crippen LogP contribution in [0.1, 0.15) is 109 Å². The fourth-order valence-corrected chi connectivity index (χ4v) is 4.84. The van der Waals surface area contributed by atoms with Crippen molar-refractivity contribution in [3.05, 3.63) is 154 Å². The molecule has 0 heterocycles. The molecule has 0 fully saturated rings. The Morgan fingerprint density at radius 1 is 0.778 bits per heavy atom. The van der Waals surface area contributed by atoms with E-state index in [1.54, 1.807) is 0 Å². The lowest BCUT2D eigenvalue weighted by atomic mass is 9.87. The number of benzene rings is 2. The van der Waals surface area contributed by atoms with E-state index < -0.39 is 0 Å². The standard InChI is InChI=1S/C33H36.C6H13N.C5H12/c1-23(17-18-29-15-11-9-13-24(29)2)21-31-26(4)27(5)32(28(31)6)22-33(7,8)20-19-30-16-12-10-14-25(30)3;1-3-4-5-6(2)7;1-3-5-4-2/h9-22H,4-5H2,1-3,6-8H3;2-5,7H2,1H3;3-5H2,1-2H3/b18-17-,20-19-,23-21-,32-22+;;. The van der Waals surface area contributed by atoms with Crippen molar-refractivity contribution in [2.75, 3.05) is 0 Å². The topological polar surface area (TPSA) is 26.0 Å². The average molecular weight is 604 g/mol. The van der Waals surface area contributed by atoms with Gasteiger partial charge in [-0.2, -0.15) is 0 Å². The zero-order valence-corrected chi connectivity index (χ0v) is 30.0. The molecule has 0 atom stereocenters. The number of rotatable bonds is 11. The zero-order valence-electron chi connectivity index (χ0n) is 30.0. The number of allylic oxidation sites excluding steroid dienone is 11. The minimum absolute atomic E-state index is 0.110. The van der Waals surface area contributed by atoms with E-state index in [0.29, 0.717) is 0 Å². The van der Waals surface area contributed by atoms with Crippen molar-refractivity contribution >= 4 is 12.2 Å². The molecule has 1 aliphatic rings. The summed E-state index contributed by atoms with van der Waals surface area (Å²) in [6, 6.07) is 16.9. The lowest BCUT2D eigenvalue weighted by Crippen LogP contribution is -2.04. The van der Waals surface area contributed by atoms with Crippen LogP contribution < -0.4 is 5.73 Å². The molecule has 0 saturated carbocycles. The molecule has 45 heavy (non-hydrogen) atoms. The Morgan fingerprint density at radius 3 is 1.73 bits per heavy atom. The molecule has 1 aliphatic carbocycles. The molecule has 0 saturated heterocycles. The first-order valence-corrected chi connectivity index (χ1v) is 16.7. The summed E-state index contributed by atoms with van der Waals surface area (Å²) >= 11 is 0. The highest BCUT2D eigenvalue weighted by Crippen LogP contribution is 2.42. The Bertz CT molecular complexity index is 1430. The highest BCUT2D eigenvalue weighted by atomic mass is 14.5. The second-order valence-electron chi connectivity index (χ2n) is 12.8. The number of hydrogen-bond donors (Lipinski definition) is 1. The van der Waals surface area contributed by atoms with Gasteiger partial charge in [-0.3, -0.25) is 0 Å². The molecule has 0 unspecified atom stereocenters. The molecular formula is C44H61N. The SMILES string of the molecule is C=C(N)CCCC.C=C1C(=C)/C(=C\C(C)(C)/C=C\c2ccccc2C)C(C)=C1/C=C(C)\C=C/c1ccccc1C.CCCCC. The molecule has 0 aromatic heterocycles. The molecule has 0 radical (unpaired) electrons. The summed E-state index contributed by atoms with van der Waals surface area (Å²) in [4.78, 5) is 0. The molecule has 0 spiro atoms. The third-order valence-corrected chi connectivity index (χ3v) is 7.86. The van der Waals surface area contributed by atoms with E-state index in [0.717, 1.165) is 23.3 Å². The van der Waals surface area contributed by atoms with Gasteiger partial charge in [0.05, 0.1) is 0 Å². The second kappa shape index (κ2) is 20.2. The normalized spacial score (nSPS) is 14.6. The van der Waals surface area contributed by atoms with E-state index in [2.05, 4.69) is 167 Å². The number of unbranched alkanes of at least 4 members (excludes halogenated alkanes) is 3. The van der Waals surface area contributed by atoms with Gasteiger partial charge in [-0.05, 0) is 90.7 Å². The summed E-state index contributed by atoms with van der Waals surface area (Å²) in [7, 11) is 0. The predicted molar refractivity (Wildman–Crippen MR) is 205 cm³/mol. The highest BCUT2D eigenvalue weighted by Gasteiger charge is 2.25. The molecule has 0 amide bonds. The molecular weight excluding hydrogens is 542 g/mol. The predicted octanol–water partition coefficient (Wildman–Crippen LogP) is 13.2. The molecule has 2 aromatic rings. The third kappa shape index (κ3) is 14.2. The first-order valence-electron chi connectivity index (χ1n) is 16.7. The lowest BCUT2D eigenvalue weighted by molar-refractivity contribution is 0.626. The molecule has 0 aliphatic heterocycles. The van der Waals surface area contributed by atoms with Gasteiger partial charge in [0.15, 0.2) is 0 Å². The molecule has 1 heteroatoms. The Labute approximate surface area is 277 Å². The van der Waals surface area contributed by atoms with Gasteiger partial charge >= 0.3 is 0 Å². The summed E-state index contributed by atoms with van der Waals surface area (Å²) in [5, 5.41) is 0. The largest absolute Gasteiger partial charge is 0.403 e. The van der Waals surface area contributed by atoms with Gasteiger partial charge in [0, 0.05) is 11.1 Å². The van der Waals surface area contributed by atoms with Crippen molar-refractivity contribution in [1.29, 1.82) is 0 Å². The van der Waals surface area contributed by atoms with Crippen molar-refractivity contribution < 1.29 is 0 Å². The first kappa shape index (κ1) is 39.2. The van der Waals surface area contributed by atoms with Gasteiger partial charge in [0.1, 0.15) is 0 Å². The number of nitrogens with two attached hydrogens (primary N) is 1. The van der Waals surface area contributed by atoms with Gasteiger partial charge < -0.3 is 5.73 Å². The summed E-state index contributed by atoms with van der Waals surface area (Å²) in [6.45, 7) is 31.9. The van der Waals surface area contributed by atoms with Crippen LogP contribution in [0.15, 0.2) is 132 Å². The minimum Gasteiger partial charge on any atom is -0.403 e. The van der Waals surface area contributed by atoms with Gasteiger partial charge in [0.2, 0.25) is 0 Å². The summed E-state index contributed by atoms with van der Waals surface area (Å²) in [6.07, 6.45) is 20.8. The van der Waals surface area contributed by atoms with Gasteiger partial charge in [-0.15, -0.1) is 0 Å². The fourth-order valence-electron chi connectivity index (χ4n) is 4.84. The van der Waals surface area contributed by atoms with Crippen molar-refractivity contribution in [3.8, 4) is 0 Å². The maximum atomic E-state index is 5.28. The monoisotopic (exact) mass is 603 g/mol. The quantitative estimate of drug-likeness (QED) is 0.254. The summed E-state index contributed by atoms with van der Waals surface area (Å²) in [5.74, 6) is 0. The summed E-state index contributed by atoms with van der Waals surface area (Å²) < 4.78 is 0. The van der Waals surface area contributed by atoms with E-state index in [1.165, 1.54) is 76.7 Å². The Morgan fingerprint density at radius 2 is 1.29 bits per heavy atom. The molecule has 1 nitrogen and oxygen atoms in total. The van der Waals surface area contributed by atoms with Crippen LogP contribution in [0.4, 0.5) is 0 Å². The van der Waals surface area contributed by atoms with Crippen LogP contribution in [-0.2, 0) is 0 Å². The third-order valence-electron chi connectivity index (χ3n) is 7.86. The molecule has 0 bridgehead atoms. The van der Waals surface area contributed by atoms with Crippen LogP contribution in [0.2, 0.25) is 0 Å². The van der Waals surface area contributed by atoms with Crippen LogP contribution in [0.5, 0.6) is 0 Å². The van der Waals surface area contributed by atoms with Crippen LogP contribution in [0.3, 0.4) is 0 Å². The van der Waals surface area contributed by atoms with Gasteiger partial charge in [0.25, 0.3) is 0 Å². The van der Waals surface area contributed by atoms with Crippen molar-refractivity contribution in [1.82, 2.24) is 0 Å². The van der Waals surface area contributed by atoms with Gasteiger partial charge in [-0.1, -0.05) is 171 Å². The lowest BCUT2D eigenvalue weighted by Gasteiger charge is -2.18. The second-order valence-corrected chi connectivity index (χ2v) is 12.8. The highest BCUT2D eigenvalue weighted by molar-refractivity contribution is 5.73. The first-order chi connectivity index (χ1) is 21.3. The summed E-state index contributed by atoms with van der Waals surface area (Å²) in [5.41, 5.74) is 17.9. The maximum Gasteiger partial charge on any atom is 0.00170 e. The molecule has 242 valence electrons. The van der Waals surface area contributed by atoms with Crippen LogP contribution in [-0.4, -0.2) is 0 Å². The smallest absolute Gasteiger partial charge is 0.00170 e. The molecule has 2 N–H and O–H groups in total. The van der Waals surface area contributed by atoms with Crippen molar-refractivity contribution in [3.63, 3.8) is 0 Å². The van der Waals surface area contributed by atoms with Crippen LogP contribution in [0, 0.1) is 19.3 Å². The van der Waals surface area contributed by atoms with Crippen LogP contribution in [0.25, 0.3) is 12.2 Å². The Kier molecular flexibility index (Phi) is 17.6. The zero-order chi connectivity index (χ0) is 34.0. The average Bonchev–Trinajstić information content (AvgIpc) is 3.18. The van der Waals surface area contributed by atoms with E-state index in [-0.39, 0.29) is 5.41 Å². The van der Waals surface area contributed by atoms with E-state index in [9.17, 15) is 0 Å². The number of aryl methyl sites for hydroxylation is 2. The molecule has 2 aromatic carbocycles. The van der Waals surface area contributed by atoms with Crippen LogP contribution >= 0.6 is 0 Å². The Hall–Kier alpha value is -3.84. The van der Waals surface area contributed by atoms with Gasteiger partial charge in [-0.25, -0.2) is 0 Å². The molecule has 3 rings (SSSR count). The minimum atomic E-state index is -0.110. The maximum absolute atomic E-state index is 5.28. The van der Waals surface area contributed by atoms with Crippen molar-refractivity contribution in [2.45, 2.75) is 101 Å². The fraction of sp³-hybridized carbons (Fsp3) is 0.364. The van der Waals surface area contributed by atoms with Crippen molar-refractivity contribution in [2.24, 2.45) is 11.1 Å². The van der Waals surface area contributed by atoms with E-state index >= 15 is 0 Å². The number of hydrogen-bond acceptors (Lipinski definition) is 1. The Balaban J connectivity index is 0.000000714. The van der Waals surface area contributed by atoms with E-state index in [4.69, 9.17) is 5.73 Å². The van der Waals surface area contributed by atoms with E-state index in [1.807, 2.05) is 0 Å².